The van der Waals surface area contributed by atoms with E-state index in [-0.39, 0.29) is 18.4 Å². The van der Waals surface area contributed by atoms with Crippen molar-refractivity contribution in [3.05, 3.63) is 60.2 Å². The summed E-state index contributed by atoms with van der Waals surface area (Å²) in [6.45, 7) is 1.26. The van der Waals surface area contributed by atoms with Gasteiger partial charge in [-0.25, -0.2) is 0 Å². The molecule has 1 fully saturated rings. The lowest BCUT2D eigenvalue weighted by atomic mass is 9.86. The lowest BCUT2D eigenvalue weighted by Crippen LogP contribution is -2.38. The topological polar surface area (TPSA) is 84.9 Å². The van der Waals surface area contributed by atoms with E-state index < -0.39 is 11.9 Å². The molecule has 0 bridgehead atoms. The normalized spacial score (nSPS) is 15.7. The zero-order valence-electron chi connectivity index (χ0n) is 15.0. The summed E-state index contributed by atoms with van der Waals surface area (Å²) in [7, 11) is 0. The summed E-state index contributed by atoms with van der Waals surface area (Å²) in [6, 6.07) is 16.1. The number of ether oxygens (including phenoxy) is 2. The fourth-order valence-electron chi connectivity index (χ4n) is 3.18. The molecule has 0 spiro atoms. The van der Waals surface area contributed by atoms with Crippen molar-refractivity contribution in [1.29, 1.82) is 0 Å². The minimum Gasteiger partial charge on any atom is -0.481 e. The largest absolute Gasteiger partial charge is 0.481 e. The van der Waals surface area contributed by atoms with E-state index in [1.54, 1.807) is 24.3 Å². The summed E-state index contributed by atoms with van der Waals surface area (Å²) >= 11 is 0. The lowest BCUT2D eigenvalue weighted by molar-refractivity contribution is -0.144. The van der Waals surface area contributed by atoms with E-state index in [1.807, 2.05) is 30.3 Å². The summed E-state index contributed by atoms with van der Waals surface area (Å²) in [6.07, 6.45) is 1.41. The number of hydrogen-bond donors (Lipinski definition) is 2. The second-order valence-corrected chi connectivity index (χ2v) is 6.54. The van der Waals surface area contributed by atoms with Crippen LogP contribution in [0.3, 0.4) is 0 Å². The fraction of sp³-hybridized carbons (Fsp3) is 0.333. The van der Waals surface area contributed by atoms with Crippen LogP contribution in [0.4, 0.5) is 0 Å². The van der Waals surface area contributed by atoms with Crippen LogP contribution in [0.25, 0.3) is 0 Å². The molecule has 1 atom stereocenters. The minimum atomic E-state index is -0.881. The van der Waals surface area contributed by atoms with Gasteiger partial charge in [0.25, 0.3) is 5.91 Å². The number of rotatable bonds is 7. The average molecular weight is 369 g/mol. The highest BCUT2D eigenvalue weighted by molar-refractivity contribution is 5.94. The van der Waals surface area contributed by atoms with Gasteiger partial charge in [0.2, 0.25) is 0 Å². The molecule has 27 heavy (non-hydrogen) atoms. The van der Waals surface area contributed by atoms with Crippen molar-refractivity contribution in [1.82, 2.24) is 5.32 Å². The van der Waals surface area contributed by atoms with Gasteiger partial charge in [0.15, 0.2) is 0 Å². The second kappa shape index (κ2) is 9.19. The Hall–Kier alpha value is -2.86. The maximum Gasteiger partial charge on any atom is 0.308 e. The molecule has 1 heterocycles. The van der Waals surface area contributed by atoms with Gasteiger partial charge >= 0.3 is 5.97 Å². The molecule has 0 saturated carbocycles. The molecule has 2 aromatic carbocycles. The maximum absolute atomic E-state index is 12.4. The predicted octanol–water partition coefficient (Wildman–Crippen LogP) is 3.34. The number of carbonyl (C=O) groups excluding carboxylic acids is 1. The van der Waals surface area contributed by atoms with Gasteiger partial charge in [-0.2, -0.15) is 0 Å². The molecule has 0 aromatic heterocycles. The van der Waals surface area contributed by atoms with E-state index in [0.29, 0.717) is 37.4 Å². The Morgan fingerprint density at radius 3 is 2.30 bits per heavy atom. The van der Waals surface area contributed by atoms with Crippen LogP contribution >= 0.6 is 0 Å². The van der Waals surface area contributed by atoms with E-state index in [4.69, 9.17) is 9.47 Å². The van der Waals surface area contributed by atoms with Crippen molar-refractivity contribution < 1.29 is 24.2 Å². The van der Waals surface area contributed by atoms with E-state index in [1.165, 1.54) is 0 Å². The molecule has 1 aliphatic rings. The molecule has 1 unspecified atom stereocenters. The number of nitrogens with one attached hydrogen (secondary N) is 1. The molecule has 6 nitrogen and oxygen atoms in total. The molecule has 1 aliphatic heterocycles. The van der Waals surface area contributed by atoms with Crippen LogP contribution in [0, 0.1) is 11.8 Å². The summed E-state index contributed by atoms with van der Waals surface area (Å²) < 4.78 is 11.0. The molecule has 6 heteroatoms. The van der Waals surface area contributed by atoms with Crippen LogP contribution in [0.1, 0.15) is 23.2 Å². The van der Waals surface area contributed by atoms with Crippen molar-refractivity contribution in [2.75, 3.05) is 19.8 Å². The van der Waals surface area contributed by atoms with Crippen LogP contribution in [-0.2, 0) is 9.53 Å². The Morgan fingerprint density at radius 1 is 1.04 bits per heavy atom. The highest BCUT2D eigenvalue weighted by Gasteiger charge is 2.30. The van der Waals surface area contributed by atoms with Crippen molar-refractivity contribution in [3.8, 4) is 11.5 Å². The number of hydrogen-bond acceptors (Lipinski definition) is 4. The summed E-state index contributed by atoms with van der Waals surface area (Å²) in [4.78, 5) is 23.9. The van der Waals surface area contributed by atoms with E-state index >= 15 is 0 Å². The standard InChI is InChI=1S/C21H23NO5/c23-20(22-14-19(21(24)25)15-10-12-26-13-11-15)16-6-8-18(9-7-16)27-17-4-2-1-3-5-17/h1-9,15,19H,10-14H2,(H,22,23)(H,24,25). The number of carboxylic acids is 1. The van der Waals surface area contributed by atoms with Gasteiger partial charge in [-0.05, 0) is 55.2 Å². The number of carboxylic acid groups (broad SMARTS) is 1. The highest BCUT2D eigenvalue weighted by Crippen LogP contribution is 2.24. The molecule has 2 aromatic rings. The summed E-state index contributed by atoms with van der Waals surface area (Å²) in [5.41, 5.74) is 0.464. The Labute approximate surface area is 158 Å². The fourth-order valence-corrected chi connectivity index (χ4v) is 3.18. The molecule has 1 amide bonds. The third-order valence-corrected chi connectivity index (χ3v) is 4.73. The highest BCUT2D eigenvalue weighted by atomic mass is 16.5. The number of aliphatic carboxylic acids is 1. The van der Waals surface area contributed by atoms with E-state index in [0.717, 1.165) is 5.75 Å². The number of para-hydroxylation sites is 1. The maximum atomic E-state index is 12.4. The van der Waals surface area contributed by atoms with Crippen molar-refractivity contribution in [3.63, 3.8) is 0 Å². The van der Waals surface area contributed by atoms with Gasteiger partial charge in [0.1, 0.15) is 11.5 Å². The SMILES string of the molecule is O=C(NCC(C(=O)O)C1CCOCC1)c1ccc(Oc2ccccc2)cc1. The van der Waals surface area contributed by atoms with Gasteiger partial charge in [0, 0.05) is 25.3 Å². The van der Waals surface area contributed by atoms with Crippen molar-refractivity contribution >= 4 is 11.9 Å². The van der Waals surface area contributed by atoms with Crippen LogP contribution in [0.15, 0.2) is 54.6 Å². The summed E-state index contributed by atoms with van der Waals surface area (Å²) in [5.74, 6) is -0.399. The third-order valence-electron chi connectivity index (χ3n) is 4.73. The smallest absolute Gasteiger partial charge is 0.308 e. The van der Waals surface area contributed by atoms with Gasteiger partial charge in [0.05, 0.1) is 5.92 Å². The molecule has 0 radical (unpaired) electrons. The molecule has 142 valence electrons. The number of amides is 1. The molecule has 1 saturated heterocycles. The van der Waals surface area contributed by atoms with E-state index in [2.05, 4.69) is 5.32 Å². The average Bonchev–Trinajstić information content (AvgIpc) is 2.70. The Balaban J connectivity index is 1.56. The Kier molecular flexibility index (Phi) is 6.44. The van der Waals surface area contributed by atoms with Gasteiger partial charge in [-0.3, -0.25) is 9.59 Å². The van der Waals surface area contributed by atoms with Crippen LogP contribution < -0.4 is 10.1 Å². The van der Waals surface area contributed by atoms with Crippen molar-refractivity contribution in [2.45, 2.75) is 12.8 Å². The Bertz CT molecular complexity index is 754. The van der Waals surface area contributed by atoms with Crippen molar-refractivity contribution in [2.24, 2.45) is 11.8 Å². The molecule has 0 aliphatic carbocycles. The molecule has 3 rings (SSSR count). The first-order valence-electron chi connectivity index (χ1n) is 9.05. The van der Waals surface area contributed by atoms with Crippen LogP contribution in [0.5, 0.6) is 11.5 Å². The number of carbonyl (C=O) groups is 2. The number of benzene rings is 2. The molecule has 2 N–H and O–H groups in total. The van der Waals surface area contributed by atoms with Gasteiger partial charge < -0.3 is 19.9 Å². The lowest BCUT2D eigenvalue weighted by Gasteiger charge is -2.27. The first-order valence-corrected chi connectivity index (χ1v) is 9.05. The zero-order valence-corrected chi connectivity index (χ0v) is 15.0. The summed E-state index contributed by atoms with van der Waals surface area (Å²) in [5, 5.41) is 12.2. The van der Waals surface area contributed by atoms with Gasteiger partial charge in [-0.1, -0.05) is 18.2 Å². The zero-order chi connectivity index (χ0) is 19.1. The second-order valence-electron chi connectivity index (χ2n) is 6.54. The first-order chi connectivity index (χ1) is 13.1. The van der Waals surface area contributed by atoms with Crippen LogP contribution in [0.2, 0.25) is 0 Å². The monoisotopic (exact) mass is 369 g/mol. The minimum absolute atomic E-state index is 0.0261. The quantitative estimate of drug-likeness (QED) is 0.782. The first kappa shape index (κ1) is 18.9. The van der Waals surface area contributed by atoms with E-state index in [9.17, 15) is 14.7 Å². The molecular weight excluding hydrogens is 346 g/mol. The Morgan fingerprint density at radius 2 is 1.67 bits per heavy atom. The third kappa shape index (κ3) is 5.31. The molecular formula is C21H23NO5. The predicted molar refractivity (Wildman–Crippen MR) is 100.0 cm³/mol. The van der Waals surface area contributed by atoms with Gasteiger partial charge in [-0.15, -0.1) is 0 Å². The van der Waals surface area contributed by atoms with Crippen LogP contribution in [-0.4, -0.2) is 36.7 Å².